The van der Waals surface area contributed by atoms with Crippen molar-refractivity contribution in [3.8, 4) is 11.5 Å². The molecule has 3 aromatic heterocycles. The van der Waals surface area contributed by atoms with E-state index >= 15 is 0 Å². The van der Waals surface area contributed by atoms with Crippen LogP contribution in [0.3, 0.4) is 0 Å². The molecule has 1 saturated heterocycles. The molecule has 4 heterocycles. The van der Waals surface area contributed by atoms with Crippen LogP contribution in [0.1, 0.15) is 43.4 Å². The molecule has 148 valence electrons. The van der Waals surface area contributed by atoms with Gasteiger partial charge in [0.15, 0.2) is 5.76 Å². The Kier molecular flexibility index (Phi) is 5.71. The fraction of sp³-hybridized carbons (Fsp3) is 0.476. The molecule has 1 N–H and O–H groups in total. The maximum Gasteiger partial charge on any atom is 0.202 e. The minimum Gasteiger partial charge on any atom is -0.461 e. The average Bonchev–Trinajstić information content (AvgIpc) is 3.38. The predicted molar refractivity (Wildman–Crippen MR) is 107 cm³/mol. The Labute approximate surface area is 165 Å². The first-order chi connectivity index (χ1) is 13.7. The summed E-state index contributed by atoms with van der Waals surface area (Å²) < 4.78 is 10.7. The third-order valence-electron chi connectivity index (χ3n) is 5.10. The molecule has 7 nitrogen and oxygen atoms in total. The number of piperidine rings is 1. The molecule has 7 heteroatoms. The Bertz CT molecular complexity index is 882. The number of nitrogens with zero attached hydrogens (tertiary/aromatic N) is 4. The van der Waals surface area contributed by atoms with Crippen LogP contribution >= 0.6 is 0 Å². The largest absolute Gasteiger partial charge is 0.461 e. The van der Waals surface area contributed by atoms with E-state index in [2.05, 4.69) is 38.3 Å². The standard InChI is InChI=1S/C21H27N5O2/c1-3-5-17-13-21(24-15(2)23-17)26-9-7-16(8-10-26)22-14-18-12-20(28-25-18)19-6-4-11-27-19/h4,6,11-13,16,22H,3,5,7-10,14H2,1-2H3. The van der Waals surface area contributed by atoms with Gasteiger partial charge in [0.25, 0.3) is 0 Å². The zero-order chi connectivity index (χ0) is 19.3. The molecule has 3 aromatic rings. The third-order valence-corrected chi connectivity index (χ3v) is 5.10. The van der Waals surface area contributed by atoms with Crippen molar-refractivity contribution in [2.75, 3.05) is 18.0 Å². The first kappa shape index (κ1) is 18.7. The van der Waals surface area contributed by atoms with Gasteiger partial charge in [0.05, 0.1) is 12.0 Å². The number of aromatic nitrogens is 3. The lowest BCUT2D eigenvalue weighted by molar-refractivity contribution is 0.387. The minimum atomic E-state index is 0.470. The number of nitrogens with one attached hydrogen (secondary N) is 1. The van der Waals surface area contributed by atoms with Gasteiger partial charge in [-0.05, 0) is 38.3 Å². The van der Waals surface area contributed by atoms with Crippen molar-refractivity contribution in [2.24, 2.45) is 0 Å². The Morgan fingerprint density at radius 2 is 2.00 bits per heavy atom. The molecular weight excluding hydrogens is 354 g/mol. The number of aryl methyl sites for hydroxylation is 2. The zero-order valence-corrected chi connectivity index (χ0v) is 16.5. The Balaban J connectivity index is 1.29. The van der Waals surface area contributed by atoms with Crippen LogP contribution in [-0.4, -0.2) is 34.3 Å². The molecule has 1 fully saturated rings. The van der Waals surface area contributed by atoms with Gasteiger partial charge in [-0.1, -0.05) is 18.5 Å². The van der Waals surface area contributed by atoms with Crippen molar-refractivity contribution < 1.29 is 8.94 Å². The lowest BCUT2D eigenvalue weighted by Crippen LogP contribution is -2.42. The van der Waals surface area contributed by atoms with E-state index in [-0.39, 0.29) is 0 Å². The second-order valence-corrected chi connectivity index (χ2v) is 7.32. The molecule has 28 heavy (non-hydrogen) atoms. The fourth-order valence-electron chi connectivity index (χ4n) is 3.65. The number of anilines is 1. The van der Waals surface area contributed by atoms with Crippen molar-refractivity contribution in [1.29, 1.82) is 0 Å². The van der Waals surface area contributed by atoms with Gasteiger partial charge in [0.2, 0.25) is 5.76 Å². The summed E-state index contributed by atoms with van der Waals surface area (Å²) >= 11 is 0. The number of hydrogen-bond donors (Lipinski definition) is 1. The summed E-state index contributed by atoms with van der Waals surface area (Å²) in [5, 5.41) is 7.73. The van der Waals surface area contributed by atoms with Crippen LogP contribution in [0.5, 0.6) is 0 Å². The zero-order valence-electron chi connectivity index (χ0n) is 16.5. The van der Waals surface area contributed by atoms with Crippen molar-refractivity contribution in [2.45, 2.75) is 52.1 Å². The topological polar surface area (TPSA) is 80.2 Å². The first-order valence-corrected chi connectivity index (χ1v) is 10.0. The molecule has 1 aliphatic heterocycles. The van der Waals surface area contributed by atoms with Crippen LogP contribution in [0.15, 0.2) is 39.5 Å². The molecule has 0 aromatic carbocycles. The van der Waals surface area contributed by atoms with Crippen molar-refractivity contribution in [3.63, 3.8) is 0 Å². The highest BCUT2D eigenvalue weighted by Crippen LogP contribution is 2.22. The van der Waals surface area contributed by atoms with Gasteiger partial charge in [-0.3, -0.25) is 0 Å². The highest BCUT2D eigenvalue weighted by atomic mass is 16.5. The van der Waals surface area contributed by atoms with Gasteiger partial charge in [0.1, 0.15) is 11.6 Å². The molecule has 0 saturated carbocycles. The molecule has 4 rings (SSSR count). The van der Waals surface area contributed by atoms with Gasteiger partial charge in [0, 0.05) is 43.5 Å². The fourth-order valence-corrected chi connectivity index (χ4v) is 3.65. The van der Waals surface area contributed by atoms with E-state index in [4.69, 9.17) is 8.94 Å². The maximum atomic E-state index is 5.36. The monoisotopic (exact) mass is 381 g/mol. The van der Waals surface area contributed by atoms with E-state index in [0.29, 0.717) is 24.1 Å². The molecular formula is C21H27N5O2. The van der Waals surface area contributed by atoms with Crippen molar-refractivity contribution >= 4 is 5.82 Å². The summed E-state index contributed by atoms with van der Waals surface area (Å²) in [6.45, 7) is 6.85. The molecule has 0 radical (unpaired) electrons. The van der Waals surface area contributed by atoms with E-state index in [0.717, 1.165) is 61.8 Å². The van der Waals surface area contributed by atoms with Crippen molar-refractivity contribution in [3.05, 3.63) is 47.7 Å². The van der Waals surface area contributed by atoms with Crippen molar-refractivity contribution in [1.82, 2.24) is 20.4 Å². The Hall–Kier alpha value is -2.67. The SMILES string of the molecule is CCCc1cc(N2CCC(NCc3cc(-c4ccco4)on3)CC2)nc(C)n1. The molecule has 1 aliphatic rings. The van der Waals surface area contributed by atoms with E-state index in [9.17, 15) is 0 Å². The van der Waals surface area contributed by atoms with Gasteiger partial charge in [-0.25, -0.2) is 9.97 Å². The summed E-state index contributed by atoms with van der Waals surface area (Å²) in [6, 6.07) is 8.26. The summed E-state index contributed by atoms with van der Waals surface area (Å²) in [5.74, 6) is 3.29. The minimum absolute atomic E-state index is 0.470. The highest BCUT2D eigenvalue weighted by Gasteiger charge is 2.21. The normalized spacial score (nSPS) is 15.3. The predicted octanol–water partition coefficient (Wildman–Crippen LogP) is 3.74. The molecule has 0 atom stereocenters. The quantitative estimate of drug-likeness (QED) is 0.668. The lowest BCUT2D eigenvalue weighted by atomic mass is 10.0. The third kappa shape index (κ3) is 4.42. The summed E-state index contributed by atoms with van der Waals surface area (Å²) in [5.41, 5.74) is 2.04. The Morgan fingerprint density at radius 3 is 2.75 bits per heavy atom. The number of hydrogen-bond acceptors (Lipinski definition) is 7. The summed E-state index contributed by atoms with van der Waals surface area (Å²) in [4.78, 5) is 11.6. The summed E-state index contributed by atoms with van der Waals surface area (Å²) in [6.07, 6.45) is 5.90. The molecule has 0 amide bonds. The molecule has 0 bridgehead atoms. The van der Waals surface area contributed by atoms with Gasteiger partial charge >= 0.3 is 0 Å². The van der Waals surface area contributed by atoms with E-state index in [1.807, 2.05) is 25.1 Å². The maximum absolute atomic E-state index is 5.36. The second kappa shape index (κ2) is 8.56. The van der Waals surface area contributed by atoms with Crippen LogP contribution in [0.4, 0.5) is 5.82 Å². The molecule has 0 unspecified atom stereocenters. The second-order valence-electron chi connectivity index (χ2n) is 7.32. The van der Waals surface area contributed by atoms with E-state index in [1.165, 1.54) is 0 Å². The van der Waals surface area contributed by atoms with Gasteiger partial charge in [-0.2, -0.15) is 0 Å². The van der Waals surface area contributed by atoms with Crippen LogP contribution in [0.2, 0.25) is 0 Å². The van der Waals surface area contributed by atoms with E-state index < -0.39 is 0 Å². The van der Waals surface area contributed by atoms with Crippen LogP contribution in [-0.2, 0) is 13.0 Å². The first-order valence-electron chi connectivity index (χ1n) is 10.0. The van der Waals surface area contributed by atoms with Gasteiger partial charge in [-0.15, -0.1) is 0 Å². The summed E-state index contributed by atoms with van der Waals surface area (Å²) in [7, 11) is 0. The molecule has 0 aliphatic carbocycles. The lowest BCUT2D eigenvalue weighted by Gasteiger charge is -2.33. The van der Waals surface area contributed by atoms with Crippen LogP contribution in [0.25, 0.3) is 11.5 Å². The average molecular weight is 381 g/mol. The Morgan fingerprint density at radius 1 is 1.14 bits per heavy atom. The smallest absolute Gasteiger partial charge is 0.202 e. The van der Waals surface area contributed by atoms with E-state index in [1.54, 1.807) is 6.26 Å². The van der Waals surface area contributed by atoms with Crippen LogP contribution < -0.4 is 10.2 Å². The van der Waals surface area contributed by atoms with Gasteiger partial charge < -0.3 is 19.2 Å². The number of rotatable bonds is 7. The van der Waals surface area contributed by atoms with Crippen LogP contribution in [0, 0.1) is 6.92 Å². The number of furan rings is 1. The highest BCUT2D eigenvalue weighted by molar-refractivity contribution is 5.49. The molecule has 0 spiro atoms.